The molecule has 0 fully saturated rings. The van der Waals surface area contributed by atoms with E-state index in [1.807, 2.05) is 19.1 Å². The maximum atomic E-state index is 12.5. The van der Waals surface area contributed by atoms with Gasteiger partial charge in [0.05, 0.1) is 5.69 Å². The molecule has 3 aromatic heterocycles. The summed E-state index contributed by atoms with van der Waals surface area (Å²) in [4.78, 5) is 17.2. The molecule has 0 unspecified atom stereocenters. The fourth-order valence-electron chi connectivity index (χ4n) is 3.65. The molecule has 3 heterocycles. The zero-order valence-electron chi connectivity index (χ0n) is 18.7. The molecule has 0 amide bonds. The lowest BCUT2D eigenvalue weighted by Crippen LogP contribution is -2.15. The molecule has 0 radical (unpaired) electrons. The Morgan fingerprint density at radius 2 is 1.52 bits per heavy atom. The monoisotopic (exact) mass is 453 g/mol. The number of aryl methyl sites for hydroxylation is 3. The van der Waals surface area contributed by atoms with Gasteiger partial charge in [-0.3, -0.25) is 13.8 Å². The molecule has 0 atom stereocenters. The fourth-order valence-corrected chi connectivity index (χ4v) is 4.49. The van der Waals surface area contributed by atoms with Gasteiger partial charge in [-0.1, -0.05) is 59.3 Å². The van der Waals surface area contributed by atoms with Crippen LogP contribution in [0.1, 0.15) is 22.4 Å². The van der Waals surface area contributed by atoms with Gasteiger partial charge in [0.25, 0.3) is 5.56 Å². The largest absolute Gasteiger partial charge is 0.270 e. The van der Waals surface area contributed by atoms with E-state index in [4.69, 9.17) is 0 Å². The summed E-state index contributed by atoms with van der Waals surface area (Å²) in [6.07, 6.45) is 1.76. The summed E-state index contributed by atoms with van der Waals surface area (Å²) in [7, 11) is 0. The number of hydrogen-bond acceptors (Lipinski definition) is 5. The molecule has 5 aromatic rings. The van der Waals surface area contributed by atoms with Gasteiger partial charge in [0.15, 0.2) is 11.0 Å². The summed E-state index contributed by atoms with van der Waals surface area (Å²) < 4.78 is 3.62. The molecule has 0 spiro atoms. The van der Waals surface area contributed by atoms with E-state index >= 15 is 0 Å². The van der Waals surface area contributed by atoms with Crippen molar-refractivity contribution < 1.29 is 0 Å². The first kappa shape index (κ1) is 21.2. The fraction of sp³-hybridized carbons (Fsp3) is 0.154. The van der Waals surface area contributed by atoms with Crippen molar-refractivity contribution in [3.05, 3.63) is 106 Å². The normalized spacial score (nSPS) is 11.2. The summed E-state index contributed by atoms with van der Waals surface area (Å²) in [5, 5.41) is 9.76. The van der Waals surface area contributed by atoms with Crippen molar-refractivity contribution in [3.63, 3.8) is 0 Å². The third-order valence-electron chi connectivity index (χ3n) is 5.46. The van der Waals surface area contributed by atoms with Gasteiger partial charge in [0.2, 0.25) is 0 Å². The highest BCUT2D eigenvalue weighted by atomic mass is 32.2. The van der Waals surface area contributed by atoms with Crippen molar-refractivity contribution >= 4 is 17.4 Å². The molecule has 0 N–H and O–H groups in total. The summed E-state index contributed by atoms with van der Waals surface area (Å²) in [5.74, 6) is 1.29. The molecule has 5 rings (SSSR count). The summed E-state index contributed by atoms with van der Waals surface area (Å²) in [6.45, 7) is 6.12. The minimum Gasteiger partial charge on any atom is -0.270 e. The molecule has 0 bridgehead atoms. The van der Waals surface area contributed by atoms with E-state index < -0.39 is 0 Å². The van der Waals surface area contributed by atoms with Crippen LogP contribution in [0, 0.1) is 20.8 Å². The van der Waals surface area contributed by atoms with Crippen LogP contribution in [0.2, 0.25) is 0 Å². The Bertz CT molecular complexity index is 1500. The number of hydrogen-bond donors (Lipinski definition) is 0. The highest BCUT2D eigenvalue weighted by Crippen LogP contribution is 2.29. The van der Waals surface area contributed by atoms with Crippen LogP contribution in [0.15, 0.2) is 82.9 Å². The Balaban J connectivity index is 1.53. The van der Waals surface area contributed by atoms with Crippen molar-refractivity contribution in [1.29, 1.82) is 0 Å². The predicted octanol–water partition coefficient (Wildman–Crippen LogP) is 5.16. The maximum absolute atomic E-state index is 12.5. The van der Waals surface area contributed by atoms with E-state index in [9.17, 15) is 4.79 Å². The predicted molar refractivity (Wildman–Crippen MR) is 132 cm³/mol. The maximum Gasteiger partial charge on any atom is 0.258 e. The molecular weight excluding hydrogens is 430 g/mol. The Kier molecular flexibility index (Phi) is 5.56. The van der Waals surface area contributed by atoms with E-state index in [2.05, 4.69) is 82.1 Å². The van der Waals surface area contributed by atoms with Gasteiger partial charge in [0.1, 0.15) is 5.65 Å². The first-order valence-electron chi connectivity index (χ1n) is 10.7. The van der Waals surface area contributed by atoms with Gasteiger partial charge in [-0.2, -0.15) is 0 Å². The Morgan fingerprint density at radius 1 is 0.818 bits per heavy atom. The van der Waals surface area contributed by atoms with Crippen molar-refractivity contribution in [3.8, 4) is 17.1 Å². The SMILES string of the molecule is Cc1ccc(-c2nnc(SCc3cc(=O)n4ccc(C)cc4n3)n2-c2ccc(C)cc2)cc1. The lowest BCUT2D eigenvalue weighted by molar-refractivity contribution is 0.884. The van der Waals surface area contributed by atoms with Crippen molar-refractivity contribution in [1.82, 2.24) is 24.1 Å². The van der Waals surface area contributed by atoms with Crippen LogP contribution in [0.5, 0.6) is 0 Å². The van der Waals surface area contributed by atoms with Gasteiger partial charge in [-0.05, 0) is 50.6 Å². The quantitative estimate of drug-likeness (QED) is 0.344. The average Bonchev–Trinajstić information content (AvgIpc) is 3.22. The van der Waals surface area contributed by atoms with Crippen LogP contribution >= 0.6 is 11.8 Å². The molecule has 0 aliphatic rings. The van der Waals surface area contributed by atoms with Gasteiger partial charge < -0.3 is 0 Å². The van der Waals surface area contributed by atoms with E-state index in [0.717, 1.165) is 27.8 Å². The number of aromatic nitrogens is 5. The number of thioether (sulfide) groups is 1. The van der Waals surface area contributed by atoms with Gasteiger partial charge in [0, 0.05) is 29.3 Å². The van der Waals surface area contributed by atoms with Crippen LogP contribution < -0.4 is 5.56 Å². The molecule has 0 aliphatic heterocycles. The molecule has 6 nitrogen and oxygen atoms in total. The van der Waals surface area contributed by atoms with Gasteiger partial charge in [-0.15, -0.1) is 10.2 Å². The summed E-state index contributed by atoms with van der Waals surface area (Å²) >= 11 is 1.52. The lowest BCUT2D eigenvalue weighted by atomic mass is 10.1. The minimum atomic E-state index is -0.0871. The molecule has 2 aromatic carbocycles. The Morgan fingerprint density at radius 3 is 2.24 bits per heavy atom. The second-order valence-corrected chi connectivity index (χ2v) is 9.09. The number of nitrogens with zero attached hydrogens (tertiary/aromatic N) is 5. The smallest absolute Gasteiger partial charge is 0.258 e. The van der Waals surface area contributed by atoms with E-state index in [1.54, 1.807) is 16.7 Å². The van der Waals surface area contributed by atoms with E-state index in [-0.39, 0.29) is 5.56 Å². The topological polar surface area (TPSA) is 65.1 Å². The van der Waals surface area contributed by atoms with Crippen LogP contribution in [-0.4, -0.2) is 24.1 Å². The highest BCUT2D eigenvalue weighted by Gasteiger charge is 2.17. The molecule has 0 saturated heterocycles. The van der Waals surface area contributed by atoms with Crippen LogP contribution in [-0.2, 0) is 5.75 Å². The van der Waals surface area contributed by atoms with Crippen LogP contribution in [0.25, 0.3) is 22.7 Å². The van der Waals surface area contributed by atoms with E-state index in [0.29, 0.717) is 17.1 Å². The molecule has 33 heavy (non-hydrogen) atoms. The van der Waals surface area contributed by atoms with Gasteiger partial charge in [-0.25, -0.2) is 4.98 Å². The highest BCUT2D eigenvalue weighted by molar-refractivity contribution is 7.98. The molecule has 164 valence electrons. The Hall–Kier alpha value is -3.71. The second-order valence-electron chi connectivity index (χ2n) is 8.15. The Labute approximate surface area is 196 Å². The third-order valence-corrected chi connectivity index (χ3v) is 6.42. The summed E-state index contributed by atoms with van der Waals surface area (Å²) in [5.41, 5.74) is 6.71. The molecular formula is C26H23N5OS. The minimum absolute atomic E-state index is 0.0871. The van der Waals surface area contributed by atoms with Crippen molar-refractivity contribution in [2.24, 2.45) is 0 Å². The first-order chi connectivity index (χ1) is 16.0. The first-order valence-corrected chi connectivity index (χ1v) is 11.7. The number of pyridine rings is 1. The molecule has 0 saturated carbocycles. The van der Waals surface area contributed by atoms with Crippen LogP contribution in [0.4, 0.5) is 0 Å². The van der Waals surface area contributed by atoms with Crippen molar-refractivity contribution in [2.75, 3.05) is 0 Å². The third kappa shape index (κ3) is 4.32. The van der Waals surface area contributed by atoms with Crippen LogP contribution in [0.3, 0.4) is 0 Å². The van der Waals surface area contributed by atoms with Gasteiger partial charge >= 0.3 is 0 Å². The standard InChI is InChI=1S/C26H23N5OS/c1-17-4-8-20(9-5-17)25-28-29-26(31(25)22-10-6-18(2)7-11-22)33-16-21-15-24(32)30-13-12-19(3)14-23(30)27-21/h4-15H,16H2,1-3H3. The molecule has 0 aliphatic carbocycles. The summed E-state index contributed by atoms with van der Waals surface area (Å²) in [6, 6.07) is 22.0. The van der Waals surface area contributed by atoms with E-state index in [1.165, 1.54) is 22.9 Å². The van der Waals surface area contributed by atoms with Crippen molar-refractivity contribution in [2.45, 2.75) is 31.7 Å². The second kappa shape index (κ2) is 8.67. The number of benzene rings is 2. The number of fused-ring (bicyclic) bond motifs is 1. The number of rotatable bonds is 5. The average molecular weight is 454 g/mol. The lowest BCUT2D eigenvalue weighted by Gasteiger charge is -2.11. The molecule has 7 heteroatoms. The zero-order chi connectivity index (χ0) is 22.9. The zero-order valence-corrected chi connectivity index (χ0v) is 19.5.